The zero-order chi connectivity index (χ0) is 19.9. The molecule has 0 saturated carbocycles. The highest BCUT2D eigenvalue weighted by Crippen LogP contribution is 2.21. The summed E-state index contributed by atoms with van der Waals surface area (Å²) in [5, 5.41) is 3.00. The first-order chi connectivity index (χ1) is 13.6. The van der Waals surface area contributed by atoms with E-state index in [0.29, 0.717) is 24.0 Å². The van der Waals surface area contributed by atoms with Gasteiger partial charge in [-0.05, 0) is 18.9 Å². The van der Waals surface area contributed by atoms with Crippen molar-refractivity contribution in [2.45, 2.75) is 27.2 Å². The van der Waals surface area contributed by atoms with Gasteiger partial charge in [-0.25, -0.2) is 9.97 Å². The minimum atomic E-state index is -0.131. The number of aromatic nitrogens is 2. The number of nitrogens with zero attached hydrogens (tertiary/aromatic N) is 4. The summed E-state index contributed by atoms with van der Waals surface area (Å²) in [6.45, 7) is 12.1. The summed E-state index contributed by atoms with van der Waals surface area (Å²) in [6, 6.07) is 11.7. The van der Waals surface area contributed by atoms with Gasteiger partial charge in [0.2, 0.25) is 0 Å². The Morgan fingerprint density at radius 3 is 2.46 bits per heavy atom. The van der Waals surface area contributed by atoms with Crippen LogP contribution in [0.2, 0.25) is 0 Å². The number of piperazine rings is 1. The number of nitrogens with one attached hydrogen (secondary N) is 1. The Bertz CT molecular complexity index is 770. The Morgan fingerprint density at radius 1 is 1.11 bits per heavy atom. The smallest absolute Gasteiger partial charge is 0.270 e. The van der Waals surface area contributed by atoms with E-state index in [9.17, 15) is 4.79 Å². The van der Waals surface area contributed by atoms with Crippen molar-refractivity contribution >= 4 is 11.7 Å². The molecule has 1 fully saturated rings. The highest BCUT2D eigenvalue weighted by atomic mass is 16.1. The number of rotatable bonds is 7. The Morgan fingerprint density at radius 2 is 1.82 bits per heavy atom. The zero-order valence-electron chi connectivity index (χ0n) is 17.2. The molecule has 6 nitrogen and oxygen atoms in total. The molecule has 2 heterocycles. The lowest BCUT2D eigenvalue weighted by Gasteiger charge is -2.35. The summed E-state index contributed by atoms with van der Waals surface area (Å²) in [6.07, 6.45) is 0.953. The number of amides is 1. The lowest BCUT2D eigenvalue weighted by Crippen LogP contribution is -2.46. The largest absolute Gasteiger partial charge is 0.354 e. The molecule has 1 N–H and O–H groups in total. The lowest BCUT2D eigenvalue weighted by molar-refractivity contribution is 0.0947. The number of anilines is 1. The van der Waals surface area contributed by atoms with Crippen LogP contribution >= 0.6 is 0 Å². The Labute approximate surface area is 168 Å². The van der Waals surface area contributed by atoms with Gasteiger partial charge in [0.25, 0.3) is 5.91 Å². The molecule has 1 aromatic carbocycles. The third-order valence-electron chi connectivity index (χ3n) is 5.13. The molecule has 0 bridgehead atoms. The SMILES string of the molecule is CCN1CCN(c2cc(C(=O)NCCC(C)C)nc(-c3ccccc3)n2)CC1. The molecule has 0 spiro atoms. The lowest BCUT2D eigenvalue weighted by atomic mass is 10.1. The van der Waals surface area contributed by atoms with Crippen molar-refractivity contribution in [1.82, 2.24) is 20.2 Å². The van der Waals surface area contributed by atoms with Gasteiger partial charge in [0.1, 0.15) is 11.5 Å². The summed E-state index contributed by atoms with van der Waals surface area (Å²) in [5.41, 5.74) is 1.36. The predicted octanol–water partition coefficient (Wildman–Crippen LogP) is 3.06. The number of likely N-dealkylation sites (N-methyl/N-ethyl adjacent to an activating group) is 1. The molecule has 1 saturated heterocycles. The van der Waals surface area contributed by atoms with Crippen LogP contribution in [-0.4, -0.2) is 60.0 Å². The topological polar surface area (TPSA) is 61.4 Å². The first-order valence-electron chi connectivity index (χ1n) is 10.3. The van der Waals surface area contributed by atoms with Gasteiger partial charge in [0, 0.05) is 44.4 Å². The van der Waals surface area contributed by atoms with E-state index in [1.54, 1.807) is 0 Å². The highest BCUT2D eigenvalue weighted by Gasteiger charge is 2.20. The van der Waals surface area contributed by atoms with Gasteiger partial charge in [-0.2, -0.15) is 0 Å². The molecule has 0 unspecified atom stereocenters. The molecule has 3 rings (SSSR count). The van der Waals surface area contributed by atoms with Crippen LogP contribution in [0.15, 0.2) is 36.4 Å². The second kappa shape index (κ2) is 9.64. The fraction of sp³-hybridized carbons (Fsp3) is 0.500. The van der Waals surface area contributed by atoms with Gasteiger partial charge in [0.05, 0.1) is 0 Å². The molecule has 0 radical (unpaired) electrons. The van der Waals surface area contributed by atoms with Crippen molar-refractivity contribution in [3.63, 3.8) is 0 Å². The molecule has 0 atom stereocenters. The van der Waals surface area contributed by atoms with Gasteiger partial charge in [0.15, 0.2) is 5.82 Å². The molecule has 1 aliphatic heterocycles. The average molecular weight is 382 g/mol. The fourth-order valence-corrected chi connectivity index (χ4v) is 3.29. The second-order valence-electron chi connectivity index (χ2n) is 7.66. The van der Waals surface area contributed by atoms with Crippen molar-refractivity contribution in [2.75, 3.05) is 44.2 Å². The van der Waals surface area contributed by atoms with Crippen molar-refractivity contribution < 1.29 is 4.79 Å². The summed E-state index contributed by atoms with van der Waals surface area (Å²) in [4.78, 5) is 26.7. The van der Waals surface area contributed by atoms with Gasteiger partial charge < -0.3 is 15.1 Å². The highest BCUT2D eigenvalue weighted by molar-refractivity contribution is 5.93. The molecule has 1 aliphatic rings. The van der Waals surface area contributed by atoms with E-state index in [2.05, 4.69) is 40.9 Å². The summed E-state index contributed by atoms with van der Waals surface area (Å²) >= 11 is 0. The summed E-state index contributed by atoms with van der Waals surface area (Å²) < 4.78 is 0. The third-order valence-corrected chi connectivity index (χ3v) is 5.13. The molecule has 0 aliphatic carbocycles. The molecule has 1 amide bonds. The molecule has 1 aromatic heterocycles. The van der Waals surface area contributed by atoms with E-state index >= 15 is 0 Å². The van der Waals surface area contributed by atoms with E-state index in [0.717, 1.165) is 50.5 Å². The van der Waals surface area contributed by atoms with Crippen LogP contribution in [0.5, 0.6) is 0 Å². The molecule has 2 aromatic rings. The minimum Gasteiger partial charge on any atom is -0.354 e. The molecular formula is C22H31N5O. The number of hydrogen-bond donors (Lipinski definition) is 1. The van der Waals surface area contributed by atoms with Crippen LogP contribution in [0, 0.1) is 5.92 Å². The van der Waals surface area contributed by atoms with E-state index < -0.39 is 0 Å². The fourth-order valence-electron chi connectivity index (χ4n) is 3.29. The maximum atomic E-state index is 12.7. The second-order valence-corrected chi connectivity index (χ2v) is 7.66. The number of carbonyl (C=O) groups excluding carboxylic acids is 1. The molecule has 150 valence electrons. The van der Waals surface area contributed by atoms with Crippen LogP contribution in [0.3, 0.4) is 0 Å². The van der Waals surface area contributed by atoms with Crippen molar-refractivity contribution in [1.29, 1.82) is 0 Å². The van der Waals surface area contributed by atoms with E-state index in [1.165, 1.54) is 0 Å². The van der Waals surface area contributed by atoms with Crippen molar-refractivity contribution in [3.05, 3.63) is 42.1 Å². The number of benzene rings is 1. The Kier molecular flexibility index (Phi) is 6.98. The Balaban J connectivity index is 1.85. The average Bonchev–Trinajstić information content (AvgIpc) is 2.73. The van der Waals surface area contributed by atoms with Crippen LogP contribution < -0.4 is 10.2 Å². The number of hydrogen-bond acceptors (Lipinski definition) is 5. The molecular weight excluding hydrogens is 350 g/mol. The normalized spacial score (nSPS) is 15.1. The quantitative estimate of drug-likeness (QED) is 0.799. The number of carbonyl (C=O) groups is 1. The zero-order valence-corrected chi connectivity index (χ0v) is 17.2. The standard InChI is InChI=1S/C22H31N5O/c1-4-26-12-14-27(15-13-26)20-16-19(22(28)23-11-10-17(2)3)24-21(25-20)18-8-6-5-7-9-18/h5-9,16-17H,4,10-15H2,1-3H3,(H,23,28). The van der Waals surface area contributed by atoms with Crippen LogP contribution in [0.1, 0.15) is 37.7 Å². The molecule has 28 heavy (non-hydrogen) atoms. The van der Waals surface area contributed by atoms with Crippen molar-refractivity contribution in [3.8, 4) is 11.4 Å². The van der Waals surface area contributed by atoms with Gasteiger partial charge in [-0.3, -0.25) is 4.79 Å². The van der Waals surface area contributed by atoms with Gasteiger partial charge in [-0.15, -0.1) is 0 Å². The maximum absolute atomic E-state index is 12.7. The summed E-state index contributed by atoms with van der Waals surface area (Å²) in [5.74, 6) is 1.85. The predicted molar refractivity (Wildman–Crippen MR) is 114 cm³/mol. The van der Waals surface area contributed by atoms with Crippen LogP contribution in [-0.2, 0) is 0 Å². The van der Waals surface area contributed by atoms with Gasteiger partial charge >= 0.3 is 0 Å². The minimum absolute atomic E-state index is 0.131. The maximum Gasteiger partial charge on any atom is 0.270 e. The Hall–Kier alpha value is -2.47. The molecule has 6 heteroatoms. The van der Waals surface area contributed by atoms with Crippen LogP contribution in [0.25, 0.3) is 11.4 Å². The van der Waals surface area contributed by atoms with Crippen LogP contribution in [0.4, 0.5) is 5.82 Å². The van der Waals surface area contributed by atoms with E-state index in [4.69, 9.17) is 4.98 Å². The monoisotopic (exact) mass is 381 g/mol. The van der Waals surface area contributed by atoms with Gasteiger partial charge in [-0.1, -0.05) is 51.1 Å². The first kappa shape index (κ1) is 20.3. The van der Waals surface area contributed by atoms with E-state index in [1.807, 2.05) is 36.4 Å². The van der Waals surface area contributed by atoms with E-state index in [-0.39, 0.29) is 5.91 Å². The van der Waals surface area contributed by atoms with Crippen molar-refractivity contribution in [2.24, 2.45) is 5.92 Å². The summed E-state index contributed by atoms with van der Waals surface area (Å²) in [7, 11) is 0. The first-order valence-corrected chi connectivity index (χ1v) is 10.3. The third kappa shape index (κ3) is 5.29.